The van der Waals surface area contributed by atoms with Gasteiger partial charge in [0.2, 0.25) is 5.91 Å². The Bertz CT molecular complexity index is 665. The molecule has 0 saturated carbocycles. The zero-order valence-corrected chi connectivity index (χ0v) is 12.4. The van der Waals surface area contributed by atoms with Crippen molar-refractivity contribution in [3.63, 3.8) is 0 Å². The molecular formula is C15H14BrN3O. The van der Waals surface area contributed by atoms with Crippen molar-refractivity contribution in [2.75, 3.05) is 11.4 Å². The van der Waals surface area contributed by atoms with E-state index in [1.165, 1.54) is 0 Å². The predicted octanol–water partition coefficient (Wildman–Crippen LogP) is 3.38. The van der Waals surface area contributed by atoms with E-state index in [1.54, 1.807) is 11.1 Å². The maximum Gasteiger partial charge on any atom is 0.228 e. The quantitative estimate of drug-likeness (QED) is 0.876. The van der Waals surface area contributed by atoms with Gasteiger partial charge >= 0.3 is 0 Å². The fourth-order valence-corrected chi connectivity index (χ4v) is 2.97. The largest absolute Gasteiger partial charge is 0.296 e. The van der Waals surface area contributed by atoms with E-state index >= 15 is 0 Å². The number of aromatic amines is 1. The Morgan fingerprint density at radius 2 is 2.20 bits per heavy atom. The highest BCUT2D eigenvalue weighted by Gasteiger charge is 2.31. The van der Waals surface area contributed by atoms with Crippen LogP contribution >= 0.6 is 15.9 Å². The van der Waals surface area contributed by atoms with E-state index in [4.69, 9.17) is 0 Å². The van der Waals surface area contributed by atoms with Crippen LogP contribution < -0.4 is 4.90 Å². The minimum Gasteiger partial charge on any atom is -0.296 e. The van der Waals surface area contributed by atoms with Crippen molar-refractivity contribution < 1.29 is 4.79 Å². The Hall–Kier alpha value is -1.88. The van der Waals surface area contributed by atoms with E-state index in [0.29, 0.717) is 13.0 Å². The summed E-state index contributed by atoms with van der Waals surface area (Å²) in [6, 6.07) is 7.91. The van der Waals surface area contributed by atoms with Gasteiger partial charge in [0.15, 0.2) is 0 Å². The number of rotatable bonds is 3. The third kappa shape index (κ3) is 2.18. The summed E-state index contributed by atoms with van der Waals surface area (Å²) in [7, 11) is 0. The molecule has 0 spiro atoms. The Morgan fingerprint density at radius 1 is 1.40 bits per heavy atom. The number of hydrogen-bond donors (Lipinski definition) is 1. The number of carbonyl (C=O) groups is 1. The molecule has 1 saturated heterocycles. The van der Waals surface area contributed by atoms with Gasteiger partial charge in [0.1, 0.15) is 5.82 Å². The summed E-state index contributed by atoms with van der Waals surface area (Å²) < 4.78 is 0.981. The van der Waals surface area contributed by atoms with Gasteiger partial charge in [-0.05, 0) is 6.07 Å². The molecule has 0 bridgehead atoms. The number of halogens is 1. The molecule has 5 heteroatoms. The molecule has 1 aromatic heterocycles. The van der Waals surface area contributed by atoms with Crippen LogP contribution in [0, 0.1) is 5.92 Å². The van der Waals surface area contributed by atoms with Crippen LogP contribution in [0.1, 0.15) is 6.42 Å². The zero-order valence-electron chi connectivity index (χ0n) is 10.8. The first-order chi connectivity index (χ1) is 9.70. The van der Waals surface area contributed by atoms with E-state index in [1.807, 2.05) is 30.3 Å². The summed E-state index contributed by atoms with van der Waals surface area (Å²) in [4.78, 5) is 13.9. The number of H-pyrrole nitrogens is 1. The molecule has 1 aliphatic heterocycles. The summed E-state index contributed by atoms with van der Waals surface area (Å²) in [5.74, 6) is 1.07. The normalized spacial score (nSPS) is 18.6. The number of hydrogen-bond acceptors (Lipinski definition) is 2. The van der Waals surface area contributed by atoms with Gasteiger partial charge in [0, 0.05) is 34.5 Å². The SMILES string of the molecule is C=CC1CC(=O)N(c2[nH]ncc2-c2ccccc2Br)C1. The summed E-state index contributed by atoms with van der Waals surface area (Å²) in [6.45, 7) is 4.43. The molecule has 2 aromatic rings. The molecule has 0 radical (unpaired) electrons. The third-order valence-corrected chi connectivity index (χ3v) is 4.23. The predicted molar refractivity (Wildman–Crippen MR) is 82.4 cm³/mol. The highest BCUT2D eigenvalue weighted by Crippen LogP contribution is 2.36. The van der Waals surface area contributed by atoms with Gasteiger partial charge in [-0.25, -0.2) is 0 Å². The van der Waals surface area contributed by atoms with E-state index in [9.17, 15) is 4.79 Å². The van der Waals surface area contributed by atoms with Crippen LogP contribution in [0.25, 0.3) is 11.1 Å². The molecule has 2 heterocycles. The Morgan fingerprint density at radius 3 is 2.90 bits per heavy atom. The van der Waals surface area contributed by atoms with Crippen molar-refractivity contribution in [3.05, 3.63) is 47.6 Å². The molecule has 0 aliphatic carbocycles. The second-order valence-corrected chi connectivity index (χ2v) is 5.67. The van der Waals surface area contributed by atoms with Crippen molar-refractivity contribution in [2.24, 2.45) is 5.92 Å². The smallest absolute Gasteiger partial charge is 0.228 e. The first-order valence-electron chi connectivity index (χ1n) is 6.42. The van der Waals surface area contributed by atoms with Crippen LogP contribution in [0.5, 0.6) is 0 Å². The molecule has 4 nitrogen and oxygen atoms in total. The number of anilines is 1. The first kappa shape index (κ1) is 13.1. The second-order valence-electron chi connectivity index (χ2n) is 4.82. The molecule has 1 atom stereocenters. The van der Waals surface area contributed by atoms with Crippen LogP contribution in [0.4, 0.5) is 5.82 Å². The highest BCUT2D eigenvalue weighted by atomic mass is 79.9. The first-order valence-corrected chi connectivity index (χ1v) is 7.21. The molecule has 1 amide bonds. The van der Waals surface area contributed by atoms with Gasteiger partial charge in [0.05, 0.1) is 6.20 Å². The summed E-state index contributed by atoms with van der Waals surface area (Å²) in [5.41, 5.74) is 1.95. The van der Waals surface area contributed by atoms with Gasteiger partial charge in [-0.15, -0.1) is 6.58 Å². The molecule has 102 valence electrons. The number of nitrogens with one attached hydrogen (secondary N) is 1. The van der Waals surface area contributed by atoms with Crippen molar-refractivity contribution in [3.8, 4) is 11.1 Å². The average molecular weight is 332 g/mol. The van der Waals surface area contributed by atoms with E-state index in [-0.39, 0.29) is 11.8 Å². The van der Waals surface area contributed by atoms with Crippen LogP contribution in [0.3, 0.4) is 0 Å². The minimum absolute atomic E-state index is 0.104. The van der Waals surface area contributed by atoms with Gasteiger partial charge in [0.25, 0.3) is 0 Å². The molecule has 1 aromatic carbocycles. The van der Waals surface area contributed by atoms with Gasteiger partial charge < -0.3 is 0 Å². The topological polar surface area (TPSA) is 49.0 Å². The fourth-order valence-electron chi connectivity index (χ4n) is 2.47. The maximum absolute atomic E-state index is 12.1. The van der Waals surface area contributed by atoms with Gasteiger partial charge in [-0.2, -0.15) is 5.10 Å². The molecule has 1 aliphatic rings. The number of benzene rings is 1. The molecular weight excluding hydrogens is 318 g/mol. The van der Waals surface area contributed by atoms with E-state index in [2.05, 4.69) is 32.7 Å². The van der Waals surface area contributed by atoms with Crippen molar-refractivity contribution in [1.29, 1.82) is 0 Å². The van der Waals surface area contributed by atoms with Crippen LogP contribution in [0.15, 0.2) is 47.6 Å². The summed E-state index contributed by atoms with van der Waals surface area (Å²) in [6.07, 6.45) is 4.11. The molecule has 1 unspecified atom stereocenters. The minimum atomic E-state index is 0.104. The number of nitrogens with zero attached hydrogens (tertiary/aromatic N) is 2. The van der Waals surface area contributed by atoms with Gasteiger partial charge in [-0.1, -0.05) is 40.2 Å². The third-order valence-electron chi connectivity index (χ3n) is 3.54. The van der Waals surface area contributed by atoms with Crippen molar-refractivity contribution in [2.45, 2.75) is 6.42 Å². The molecule has 1 fully saturated rings. The molecule has 3 rings (SSSR count). The summed E-state index contributed by atoms with van der Waals surface area (Å²) in [5, 5.41) is 7.05. The van der Waals surface area contributed by atoms with E-state index in [0.717, 1.165) is 21.4 Å². The van der Waals surface area contributed by atoms with Crippen molar-refractivity contribution in [1.82, 2.24) is 10.2 Å². The average Bonchev–Trinajstić information content (AvgIpc) is 3.05. The lowest BCUT2D eigenvalue weighted by Crippen LogP contribution is -2.25. The Labute approximate surface area is 125 Å². The molecule has 1 N–H and O–H groups in total. The number of aromatic nitrogens is 2. The zero-order chi connectivity index (χ0) is 14.1. The number of carbonyl (C=O) groups excluding carboxylic acids is 1. The van der Waals surface area contributed by atoms with E-state index < -0.39 is 0 Å². The Kier molecular flexibility index (Phi) is 3.44. The van der Waals surface area contributed by atoms with Crippen molar-refractivity contribution >= 4 is 27.7 Å². The maximum atomic E-state index is 12.1. The lowest BCUT2D eigenvalue weighted by Gasteiger charge is -2.16. The monoisotopic (exact) mass is 331 g/mol. The lowest BCUT2D eigenvalue weighted by molar-refractivity contribution is -0.117. The second kappa shape index (κ2) is 5.25. The van der Waals surface area contributed by atoms with Crippen LogP contribution in [-0.2, 0) is 4.79 Å². The standard InChI is InChI=1S/C15H14BrN3O/c1-2-10-7-14(20)19(9-10)15-12(8-17-18-15)11-5-3-4-6-13(11)16/h2-6,8,10H,1,7,9H2,(H,17,18). The van der Waals surface area contributed by atoms with Crippen LogP contribution in [0.2, 0.25) is 0 Å². The van der Waals surface area contributed by atoms with Crippen LogP contribution in [-0.4, -0.2) is 22.6 Å². The van der Waals surface area contributed by atoms with Gasteiger partial charge in [-0.3, -0.25) is 14.8 Å². The Balaban J connectivity index is 2.01. The highest BCUT2D eigenvalue weighted by molar-refractivity contribution is 9.10. The molecule has 20 heavy (non-hydrogen) atoms. The number of amides is 1. The fraction of sp³-hybridized carbons (Fsp3) is 0.200. The lowest BCUT2D eigenvalue weighted by atomic mass is 10.1. The summed E-state index contributed by atoms with van der Waals surface area (Å²) >= 11 is 3.54.